The minimum absolute atomic E-state index is 0.0704. The van der Waals surface area contributed by atoms with Gasteiger partial charge in [0, 0.05) is 54.6 Å². The van der Waals surface area contributed by atoms with Crippen LogP contribution in [0.4, 0.5) is 5.69 Å². The predicted molar refractivity (Wildman–Crippen MR) is 142 cm³/mol. The Balaban J connectivity index is 1.19. The molecule has 1 aromatic carbocycles. The highest BCUT2D eigenvalue weighted by atomic mass is 16.3. The number of nitrogens with one attached hydrogen (secondary N) is 2. The lowest BCUT2D eigenvalue weighted by atomic mass is 9.43. The second kappa shape index (κ2) is 7.86. The van der Waals surface area contributed by atoms with Gasteiger partial charge in [-0.15, -0.1) is 0 Å². The van der Waals surface area contributed by atoms with Crippen molar-refractivity contribution < 1.29 is 9.90 Å². The molecule has 0 spiro atoms. The molecule has 1 aliphatic heterocycles. The Bertz CT molecular complexity index is 1630. The van der Waals surface area contributed by atoms with Crippen molar-refractivity contribution in [3.63, 3.8) is 0 Å². The number of carbonyl (C=O) groups is 1. The SMILES string of the molecule is CC(C)(O)c1cc2nn(C34CC(N5CCNCC5)(C3)C4)cc2cc1NC(=O)c1ccc2cc(C#N)cnn12. The van der Waals surface area contributed by atoms with Gasteiger partial charge in [-0.3, -0.25) is 14.4 Å². The molecule has 3 saturated carbocycles. The van der Waals surface area contributed by atoms with Crippen LogP contribution in [-0.4, -0.2) is 67.0 Å². The number of anilines is 1. The summed E-state index contributed by atoms with van der Waals surface area (Å²) in [5.74, 6) is -0.350. The van der Waals surface area contributed by atoms with Gasteiger partial charge in [0.05, 0.1) is 33.9 Å². The number of carbonyl (C=O) groups excluding carboxylic acids is 1. The molecule has 3 N–H and O–H groups in total. The lowest BCUT2D eigenvalue weighted by Crippen LogP contribution is -2.80. The zero-order valence-corrected chi connectivity index (χ0v) is 21.5. The number of amides is 1. The number of rotatable bonds is 5. The summed E-state index contributed by atoms with van der Waals surface area (Å²) in [6.07, 6.45) is 6.88. The van der Waals surface area contributed by atoms with E-state index in [1.54, 1.807) is 32.0 Å². The molecule has 0 atom stereocenters. The summed E-state index contributed by atoms with van der Waals surface area (Å²) in [5.41, 5.74) is 2.58. The van der Waals surface area contributed by atoms with Gasteiger partial charge in [-0.1, -0.05) is 0 Å². The van der Waals surface area contributed by atoms with Crippen molar-refractivity contribution in [1.29, 1.82) is 5.26 Å². The molecule has 194 valence electrons. The Morgan fingerprint density at radius 1 is 1.16 bits per heavy atom. The Kier molecular flexibility index (Phi) is 4.83. The van der Waals surface area contributed by atoms with E-state index in [0.29, 0.717) is 33.6 Å². The van der Waals surface area contributed by atoms with Crippen molar-refractivity contribution in [2.45, 2.75) is 49.8 Å². The van der Waals surface area contributed by atoms with E-state index >= 15 is 0 Å². The average molecular weight is 511 g/mol. The summed E-state index contributed by atoms with van der Waals surface area (Å²) < 4.78 is 3.63. The van der Waals surface area contributed by atoms with Crippen LogP contribution in [0.5, 0.6) is 0 Å². The van der Waals surface area contributed by atoms with Crippen LogP contribution in [0.15, 0.2) is 42.7 Å². The number of nitriles is 1. The van der Waals surface area contributed by atoms with Crippen LogP contribution < -0.4 is 10.6 Å². The fourth-order valence-corrected chi connectivity index (χ4v) is 6.74. The molecular formula is C28H30N8O2. The van der Waals surface area contributed by atoms with Crippen molar-refractivity contribution in [1.82, 2.24) is 29.6 Å². The lowest BCUT2D eigenvalue weighted by molar-refractivity contribution is -0.213. The Morgan fingerprint density at radius 2 is 1.92 bits per heavy atom. The van der Waals surface area contributed by atoms with Crippen molar-refractivity contribution in [3.8, 4) is 6.07 Å². The van der Waals surface area contributed by atoms with Crippen LogP contribution >= 0.6 is 0 Å². The summed E-state index contributed by atoms with van der Waals surface area (Å²) in [5, 5.41) is 36.7. The zero-order valence-electron chi connectivity index (χ0n) is 21.5. The lowest BCUT2D eigenvalue weighted by Gasteiger charge is -2.74. The summed E-state index contributed by atoms with van der Waals surface area (Å²) >= 11 is 0. The maximum atomic E-state index is 13.3. The normalized spacial score (nSPS) is 25.1. The van der Waals surface area contributed by atoms with Gasteiger partial charge in [-0.2, -0.15) is 15.5 Å². The summed E-state index contributed by atoms with van der Waals surface area (Å²) in [4.78, 5) is 16.0. The molecule has 0 radical (unpaired) electrons. The van der Waals surface area contributed by atoms with Gasteiger partial charge >= 0.3 is 0 Å². The molecule has 10 nitrogen and oxygen atoms in total. The van der Waals surface area contributed by atoms with E-state index in [1.807, 2.05) is 12.1 Å². The summed E-state index contributed by atoms with van der Waals surface area (Å²) in [6.45, 7) is 7.76. The first-order valence-corrected chi connectivity index (χ1v) is 13.1. The number of aromatic nitrogens is 4. The highest BCUT2D eigenvalue weighted by Gasteiger charge is 2.71. The topological polar surface area (TPSA) is 124 Å². The molecule has 3 aliphatic carbocycles. The molecule has 3 aromatic heterocycles. The smallest absolute Gasteiger partial charge is 0.274 e. The molecule has 38 heavy (non-hydrogen) atoms. The third-order valence-electron chi connectivity index (χ3n) is 8.66. The maximum Gasteiger partial charge on any atom is 0.274 e. The number of fused-ring (bicyclic) bond motifs is 2. The quantitative estimate of drug-likeness (QED) is 0.377. The molecule has 0 unspecified atom stereocenters. The second-order valence-electron chi connectivity index (χ2n) is 11.7. The van der Waals surface area contributed by atoms with Crippen molar-refractivity contribution in [3.05, 3.63) is 59.5 Å². The molecule has 10 heteroatoms. The minimum Gasteiger partial charge on any atom is -0.386 e. The molecule has 4 heterocycles. The number of benzene rings is 1. The van der Waals surface area contributed by atoms with E-state index in [4.69, 9.17) is 10.4 Å². The first-order chi connectivity index (χ1) is 18.2. The number of piperazine rings is 1. The van der Waals surface area contributed by atoms with Gasteiger partial charge < -0.3 is 15.7 Å². The third kappa shape index (κ3) is 3.39. The maximum absolute atomic E-state index is 13.3. The van der Waals surface area contributed by atoms with E-state index in [1.165, 1.54) is 10.7 Å². The van der Waals surface area contributed by atoms with E-state index in [9.17, 15) is 9.90 Å². The van der Waals surface area contributed by atoms with Crippen LogP contribution in [0, 0.1) is 11.3 Å². The number of hydrogen-bond acceptors (Lipinski definition) is 7. The minimum atomic E-state index is -1.19. The predicted octanol–water partition coefficient (Wildman–Crippen LogP) is 2.57. The standard InChI is InChI=1S/C28H30N8O2/c1-26(2,38)21-11-22-19(14-35(33-22)28-15-27(16-28,17-28)34-7-5-30-6-8-34)10-23(21)32-25(37)24-4-3-20-9-18(12-29)13-31-36(20)24/h3-4,9-11,13-14,30,38H,5-8,15-17H2,1-2H3,(H,32,37). The largest absolute Gasteiger partial charge is 0.386 e. The van der Waals surface area contributed by atoms with Gasteiger partial charge in [0.15, 0.2) is 0 Å². The van der Waals surface area contributed by atoms with Gasteiger partial charge in [0.2, 0.25) is 0 Å². The fourth-order valence-electron chi connectivity index (χ4n) is 6.74. The van der Waals surface area contributed by atoms with Crippen molar-refractivity contribution in [2.24, 2.45) is 0 Å². The van der Waals surface area contributed by atoms with Crippen molar-refractivity contribution >= 4 is 28.0 Å². The van der Waals surface area contributed by atoms with E-state index in [-0.39, 0.29) is 11.4 Å². The van der Waals surface area contributed by atoms with Crippen LogP contribution in [0.1, 0.15) is 54.7 Å². The van der Waals surface area contributed by atoms with Crippen LogP contribution in [0.2, 0.25) is 0 Å². The second-order valence-corrected chi connectivity index (χ2v) is 11.7. The monoisotopic (exact) mass is 510 g/mol. The van der Waals surface area contributed by atoms with Crippen LogP contribution in [0.3, 0.4) is 0 Å². The average Bonchev–Trinajstić information content (AvgIpc) is 3.45. The van der Waals surface area contributed by atoms with Gasteiger partial charge in [0.1, 0.15) is 11.8 Å². The van der Waals surface area contributed by atoms with E-state index in [0.717, 1.165) is 56.3 Å². The molecule has 8 rings (SSSR count). The number of nitrogens with zero attached hydrogens (tertiary/aromatic N) is 6. The molecule has 4 fully saturated rings. The van der Waals surface area contributed by atoms with Crippen LogP contribution in [-0.2, 0) is 11.1 Å². The molecule has 1 saturated heterocycles. The summed E-state index contributed by atoms with van der Waals surface area (Å²) in [7, 11) is 0. The highest BCUT2D eigenvalue weighted by molar-refractivity contribution is 6.05. The van der Waals surface area contributed by atoms with Gasteiger partial charge in [-0.25, -0.2) is 4.52 Å². The number of aliphatic hydroxyl groups is 1. The first-order valence-electron chi connectivity index (χ1n) is 13.1. The molecule has 4 aliphatic rings. The first kappa shape index (κ1) is 23.3. The van der Waals surface area contributed by atoms with Gasteiger partial charge in [-0.05, 0) is 63.4 Å². The van der Waals surface area contributed by atoms with E-state index < -0.39 is 5.60 Å². The zero-order chi connectivity index (χ0) is 26.3. The molecule has 1 amide bonds. The van der Waals surface area contributed by atoms with Gasteiger partial charge in [0.25, 0.3) is 5.91 Å². The fraction of sp³-hybridized carbons (Fsp3) is 0.429. The third-order valence-corrected chi connectivity index (χ3v) is 8.66. The number of hydrogen-bond donors (Lipinski definition) is 3. The Labute approximate surface area is 219 Å². The summed E-state index contributed by atoms with van der Waals surface area (Å²) in [6, 6.07) is 11.0. The Hall–Kier alpha value is -3.78. The van der Waals surface area contributed by atoms with Crippen molar-refractivity contribution in [2.75, 3.05) is 31.5 Å². The molecular weight excluding hydrogens is 480 g/mol. The Morgan fingerprint density at radius 3 is 2.63 bits per heavy atom. The highest BCUT2D eigenvalue weighted by Crippen LogP contribution is 2.67. The van der Waals surface area contributed by atoms with Crippen LogP contribution in [0.25, 0.3) is 16.4 Å². The molecule has 4 aromatic rings. The molecule has 2 bridgehead atoms. The van der Waals surface area contributed by atoms with E-state index in [2.05, 4.69) is 37.6 Å².